The Morgan fingerprint density at radius 1 is 1.43 bits per heavy atom. The SMILES string of the molecule is CC(C/C=C\C(=O)O)C1CCCCC1. The zero-order valence-electron chi connectivity index (χ0n) is 8.91. The van der Waals surface area contributed by atoms with Gasteiger partial charge in [0.15, 0.2) is 0 Å². The number of carboxylic acids is 1. The van der Waals surface area contributed by atoms with Gasteiger partial charge in [-0.1, -0.05) is 45.1 Å². The van der Waals surface area contributed by atoms with Gasteiger partial charge in [0.25, 0.3) is 0 Å². The summed E-state index contributed by atoms with van der Waals surface area (Å²) in [5, 5.41) is 8.45. The third-order valence-corrected chi connectivity index (χ3v) is 3.22. The fourth-order valence-corrected chi connectivity index (χ4v) is 2.28. The van der Waals surface area contributed by atoms with E-state index < -0.39 is 5.97 Å². The largest absolute Gasteiger partial charge is 0.478 e. The van der Waals surface area contributed by atoms with Crippen molar-refractivity contribution >= 4 is 5.97 Å². The molecule has 80 valence electrons. The van der Waals surface area contributed by atoms with Crippen LogP contribution in [0.5, 0.6) is 0 Å². The molecule has 1 aliphatic rings. The molecule has 1 aliphatic carbocycles. The van der Waals surface area contributed by atoms with Crippen LogP contribution in [0, 0.1) is 11.8 Å². The molecule has 0 aliphatic heterocycles. The second-order valence-corrected chi connectivity index (χ2v) is 4.35. The summed E-state index contributed by atoms with van der Waals surface area (Å²) in [7, 11) is 0. The summed E-state index contributed by atoms with van der Waals surface area (Å²) in [6, 6.07) is 0. The van der Waals surface area contributed by atoms with Crippen LogP contribution >= 0.6 is 0 Å². The van der Waals surface area contributed by atoms with Gasteiger partial charge < -0.3 is 5.11 Å². The summed E-state index contributed by atoms with van der Waals surface area (Å²) in [5.41, 5.74) is 0. The highest BCUT2D eigenvalue weighted by Crippen LogP contribution is 2.31. The van der Waals surface area contributed by atoms with Crippen molar-refractivity contribution in [3.63, 3.8) is 0 Å². The molecule has 1 N–H and O–H groups in total. The van der Waals surface area contributed by atoms with Gasteiger partial charge in [-0.25, -0.2) is 4.79 Å². The molecule has 1 fully saturated rings. The summed E-state index contributed by atoms with van der Waals surface area (Å²) in [6.07, 6.45) is 10.7. The van der Waals surface area contributed by atoms with Gasteiger partial charge in [0.2, 0.25) is 0 Å². The summed E-state index contributed by atoms with van der Waals surface area (Å²) in [5.74, 6) is 0.633. The first-order valence-corrected chi connectivity index (χ1v) is 5.59. The van der Waals surface area contributed by atoms with E-state index in [9.17, 15) is 4.79 Å². The van der Waals surface area contributed by atoms with Crippen molar-refractivity contribution in [2.75, 3.05) is 0 Å². The molecule has 0 saturated heterocycles. The maximum absolute atomic E-state index is 10.3. The molecule has 0 heterocycles. The summed E-state index contributed by atoms with van der Waals surface area (Å²) >= 11 is 0. The summed E-state index contributed by atoms with van der Waals surface area (Å²) in [4.78, 5) is 10.3. The second-order valence-electron chi connectivity index (χ2n) is 4.35. The normalized spacial score (nSPS) is 21.2. The van der Waals surface area contributed by atoms with E-state index in [0.717, 1.165) is 12.3 Å². The molecule has 0 amide bonds. The average molecular weight is 196 g/mol. The van der Waals surface area contributed by atoms with Crippen LogP contribution in [0.15, 0.2) is 12.2 Å². The minimum absolute atomic E-state index is 0.644. The van der Waals surface area contributed by atoms with Gasteiger partial charge in [-0.2, -0.15) is 0 Å². The Bertz CT molecular complexity index is 202. The third-order valence-electron chi connectivity index (χ3n) is 3.22. The third kappa shape index (κ3) is 3.95. The van der Waals surface area contributed by atoms with Gasteiger partial charge in [0, 0.05) is 6.08 Å². The monoisotopic (exact) mass is 196 g/mol. The molecule has 14 heavy (non-hydrogen) atoms. The maximum Gasteiger partial charge on any atom is 0.327 e. The van der Waals surface area contributed by atoms with Gasteiger partial charge in [-0.05, 0) is 18.3 Å². The van der Waals surface area contributed by atoms with E-state index in [0.29, 0.717) is 5.92 Å². The van der Waals surface area contributed by atoms with Crippen LogP contribution in [0.1, 0.15) is 45.4 Å². The van der Waals surface area contributed by atoms with Crippen molar-refractivity contribution < 1.29 is 9.90 Å². The van der Waals surface area contributed by atoms with Crippen molar-refractivity contribution in [1.29, 1.82) is 0 Å². The Balaban J connectivity index is 2.25. The molecule has 0 radical (unpaired) electrons. The Kier molecular flexibility index (Phi) is 4.71. The topological polar surface area (TPSA) is 37.3 Å². The van der Waals surface area contributed by atoms with E-state index >= 15 is 0 Å². The van der Waals surface area contributed by atoms with Crippen molar-refractivity contribution in [3.05, 3.63) is 12.2 Å². The first-order chi connectivity index (χ1) is 6.70. The Morgan fingerprint density at radius 3 is 2.64 bits per heavy atom. The first kappa shape index (κ1) is 11.3. The van der Waals surface area contributed by atoms with E-state index in [-0.39, 0.29) is 0 Å². The lowest BCUT2D eigenvalue weighted by Crippen LogP contribution is -2.14. The van der Waals surface area contributed by atoms with E-state index in [1.165, 1.54) is 38.2 Å². The van der Waals surface area contributed by atoms with Gasteiger partial charge in [-0.15, -0.1) is 0 Å². The molecule has 0 aromatic carbocycles. The maximum atomic E-state index is 10.3. The molecule has 1 unspecified atom stereocenters. The number of allylic oxidation sites excluding steroid dienone is 1. The zero-order valence-corrected chi connectivity index (χ0v) is 8.91. The molecular weight excluding hydrogens is 176 g/mol. The second kappa shape index (κ2) is 5.84. The molecular formula is C12H20O2. The van der Waals surface area contributed by atoms with Gasteiger partial charge >= 0.3 is 5.97 Å². The van der Waals surface area contributed by atoms with Crippen molar-refractivity contribution in [2.45, 2.75) is 45.4 Å². The Labute approximate surface area is 86.0 Å². The molecule has 2 heteroatoms. The number of hydrogen-bond donors (Lipinski definition) is 1. The summed E-state index contributed by atoms with van der Waals surface area (Å²) in [6.45, 7) is 2.24. The number of carbonyl (C=O) groups is 1. The highest BCUT2D eigenvalue weighted by Gasteiger charge is 2.18. The number of carboxylic acid groups (broad SMARTS) is 1. The van der Waals surface area contributed by atoms with Crippen LogP contribution in [0.4, 0.5) is 0 Å². The number of rotatable bonds is 4. The van der Waals surface area contributed by atoms with Crippen molar-refractivity contribution in [3.8, 4) is 0 Å². The van der Waals surface area contributed by atoms with Crippen LogP contribution in [-0.4, -0.2) is 11.1 Å². The van der Waals surface area contributed by atoms with Crippen molar-refractivity contribution in [1.82, 2.24) is 0 Å². The standard InChI is InChI=1S/C12H20O2/c1-10(6-5-9-12(13)14)11-7-3-2-4-8-11/h5,9-11H,2-4,6-8H2,1H3,(H,13,14)/b9-5-. The molecule has 0 bridgehead atoms. The van der Waals surface area contributed by atoms with E-state index in [1.54, 1.807) is 6.08 Å². The molecule has 1 rings (SSSR count). The quantitative estimate of drug-likeness (QED) is 0.701. The Morgan fingerprint density at radius 2 is 2.07 bits per heavy atom. The Hall–Kier alpha value is -0.790. The van der Waals surface area contributed by atoms with Crippen LogP contribution in [-0.2, 0) is 4.79 Å². The fraction of sp³-hybridized carbons (Fsp3) is 0.750. The zero-order chi connectivity index (χ0) is 10.4. The van der Waals surface area contributed by atoms with Crippen molar-refractivity contribution in [2.24, 2.45) is 11.8 Å². The highest BCUT2D eigenvalue weighted by atomic mass is 16.4. The van der Waals surface area contributed by atoms with Crippen LogP contribution in [0.25, 0.3) is 0 Å². The van der Waals surface area contributed by atoms with E-state index in [4.69, 9.17) is 5.11 Å². The lowest BCUT2D eigenvalue weighted by molar-refractivity contribution is -0.131. The van der Waals surface area contributed by atoms with E-state index in [1.807, 2.05) is 0 Å². The minimum atomic E-state index is -0.833. The molecule has 0 spiro atoms. The highest BCUT2D eigenvalue weighted by molar-refractivity contribution is 5.79. The molecule has 1 atom stereocenters. The van der Waals surface area contributed by atoms with Gasteiger partial charge in [0.1, 0.15) is 0 Å². The van der Waals surface area contributed by atoms with Gasteiger partial charge in [-0.3, -0.25) is 0 Å². The minimum Gasteiger partial charge on any atom is -0.478 e. The predicted octanol–water partition coefficient (Wildman–Crippen LogP) is 3.23. The lowest BCUT2D eigenvalue weighted by atomic mass is 9.79. The molecule has 1 saturated carbocycles. The van der Waals surface area contributed by atoms with E-state index in [2.05, 4.69) is 6.92 Å². The van der Waals surface area contributed by atoms with Crippen LogP contribution in [0.3, 0.4) is 0 Å². The average Bonchev–Trinajstić information content (AvgIpc) is 2.18. The molecule has 2 nitrogen and oxygen atoms in total. The fourth-order valence-electron chi connectivity index (χ4n) is 2.28. The number of hydrogen-bond acceptors (Lipinski definition) is 1. The van der Waals surface area contributed by atoms with Gasteiger partial charge in [0.05, 0.1) is 0 Å². The lowest BCUT2D eigenvalue weighted by Gasteiger charge is -2.26. The molecule has 0 aromatic rings. The first-order valence-electron chi connectivity index (χ1n) is 5.59. The molecule has 0 aromatic heterocycles. The van der Waals surface area contributed by atoms with Crippen LogP contribution in [0.2, 0.25) is 0 Å². The predicted molar refractivity (Wildman–Crippen MR) is 57.1 cm³/mol. The van der Waals surface area contributed by atoms with Crippen LogP contribution < -0.4 is 0 Å². The smallest absolute Gasteiger partial charge is 0.327 e. The summed E-state index contributed by atoms with van der Waals surface area (Å²) < 4.78 is 0. The number of aliphatic carboxylic acids is 1.